The first-order chi connectivity index (χ1) is 16.7. The molecule has 0 saturated carbocycles. The van der Waals surface area contributed by atoms with Gasteiger partial charge in [-0.1, -0.05) is 41.5 Å². The number of benzene rings is 3. The highest BCUT2D eigenvalue weighted by Gasteiger charge is 2.25. The molecule has 0 bridgehead atoms. The quantitative estimate of drug-likeness (QED) is 0.377. The van der Waals surface area contributed by atoms with Crippen molar-refractivity contribution in [2.24, 2.45) is 0 Å². The summed E-state index contributed by atoms with van der Waals surface area (Å²) in [6, 6.07) is 19.3. The molecule has 0 aliphatic carbocycles. The summed E-state index contributed by atoms with van der Waals surface area (Å²) in [4.78, 5) is 13.0. The fourth-order valence-electron chi connectivity index (χ4n) is 3.54. The first kappa shape index (κ1) is 24.2. The number of hydrogen-bond acceptors (Lipinski definition) is 6. The van der Waals surface area contributed by atoms with Crippen molar-refractivity contribution in [3.8, 4) is 11.5 Å². The number of amides is 1. The Kier molecular flexibility index (Phi) is 6.97. The summed E-state index contributed by atoms with van der Waals surface area (Å²) >= 11 is 0. The van der Waals surface area contributed by atoms with Gasteiger partial charge < -0.3 is 9.73 Å². The van der Waals surface area contributed by atoms with Crippen molar-refractivity contribution in [1.29, 1.82) is 0 Å². The molecule has 4 aromatic rings. The van der Waals surface area contributed by atoms with Gasteiger partial charge >= 0.3 is 0 Å². The topological polar surface area (TPSA) is 105 Å². The molecule has 1 amide bonds. The first-order valence-electron chi connectivity index (χ1n) is 11.1. The van der Waals surface area contributed by atoms with Crippen LogP contribution in [0.15, 0.2) is 82.4 Å². The van der Waals surface area contributed by atoms with Gasteiger partial charge in [0.2, 0.25) is 18.2 Å². The van der Waals surface area contributed by atoms with Gasteiger partial charge in [-0.25, -0.2) is 8.42 Å². The van der Waals surface area contributed by atoms with E-state index < -0.39 is 10.0 Å². The summed E-state index contributed by atoms with van der Waals surface area (Å²) in [6.45, 7) is 5.68. The van der Waals surface area contributed by atoms with Gasteiger partial charge in [-0.15, -0.1) is 10.2 Å². The van der Waals surface area contributed by atoms with Crippen LogP contribution in [0.1, 0.15) is 23.1 Å². The lowest BCUT2D eigenvalue weighted by Crippen LogP contribution is -2.34. The Morgan fingerprint density at radius 3 is 2.23 bits per heavy atom. The third-order valence-electron chi connectivity index (χ3n) is 5.59. The van der Waals surface area contributed by atoms with E-state index in [1.165, 1.54) is 10.7 Å². The highest BCUT2D eigenvalue weighted by atomic mass is 32.2. The maximum absolute atomic E-state index is 13.5. The molecule has 0 unspecified atom stereocenters. The Labute approximate surface area is 204 Å². The molecule has 0 aliphatic rings. The van der Waals surface area contributed by atoms with Crippen LogP contribution in [-0.2, 0) is 14.8 Å². The number of aromatic nitrogens is 2. The number of nitrogens with one attached hydrogen (secondary N) is 1. The second-order valence-electron chi connectivity index (χ2n) is 8.30. The maximum atomic E-state index is 13.5. The highest BCUT2D eigenvalue weighted by molar-refractivity contribution is 7.92. The Hall–Kier alpha value is -3.98. The molecule has 0 fully saturated rings. The van der Waals surface area contributed by atoms with Gasteiger partial charge in [-0.2, -0.15) is 0 Å². The molecule has 35 heavy (non-hydrogen) atoms. The van der Waals surface area contributed by atoms with Crippen LogP contribution in [0.3, 0.4) is 0 Å². The zero-order chi connectivity index (χ0) is 25.0. The number of hydrogen-bond donors (Lipinski definition) is 1. The number of carbonyl (C=O) groups is 1. The van der Waals surface area contributed by atoms with Crippen molar-refractivity contribution in [2.45, 2.75) is 32.1 Å². The lowest BCUT2D eigenvalue weighted by molar-refractivity contribution is -0.116. The van der Waals surface area contributed by atoms with Crippen LogP contribution in [0.25, 0.3) is 11.5 Å². The summed E-state index contributed by atoms with van der Waals surface area (Å²) in [6.07, 6.45) is 1.20. The number of aryl methyl sites for hydroxylation is 3. The summed E-state index contributed by atoms with van der Waals surface area (Å²) in [5.41, 5.74) is 4.59. The van der Waals surface area contributed by atoms with E-state index in [2.05, 4.69) is 15.5 Å². The summed E-state index contributed by atoms with van der Waals surface area (Å²) in [7, 11) is -3.87. The van der Waals surface area contributed by atoms with Gasteiger partial charge in [0.05, 0.1) is 10.6 Å². The lowest BCUT2D eigenvalue weighted by atomic mass is 10.1. The van der Waals surface area contributed by atoms with Crippen molar-refractivity contribution in [3.05, 3.63) is 89.8 Å². The van der Waals surface area contributed by atoms with E-state index in [0.29, 0.717) is 22.8 Å². The van der Waals surface area contributed by atoms with E-state index in [1.54, 1.807) is 42.5 Å². The third-order valence-corrected chi connectivity index (χ3v) is 7.43. The van der Waals surface area contributed by atoms with Gasteiger partial charge in [0.15, 0.2) is 0 Å². The fraction of sp³-hybridized carbons (Fsp3) is 0.192. The Bertz CT molecular complexity index is 1420. The van der Waals surface area contributed by atoms with E-state index in [0.717, 1.165) is 16.7 Å². The maximum Gasteiger partial charge on any atom is 0.264 e. The molecule has 0 radical (unpaired) electrons. The summed E-state index contributed by atoms with van der Waals surface area (Å²) in [5.74, 6) is 0.0298. The molecule has 1 heterocycles. The Balaban J connectivity index is 1.55. The molecule has 9 heteroatoms. The monoisotopic (exact) mass is 490 g/mol. The summed E-state index contributed by atoms with van der Waals surface area (Å²) < 4.78 is 33.5. The Morgan fingerprint density at radius 2 is 1.60 bits per heavy atom. The minimum absolute atomic E-state index is 0.0203. The minimum Gasteiger partial charge on any atom is -0.423 e. The largest absolute Gasteiger partial charge is 0.423 e. The van der Waals surface area contributed by atoms with E-state index in [4.69, 9.17) is 4.42 Å². The zero-order valence-corrected chi connectivity index (χ0v) is 20.5. The second kappa shape index (κ2) is 10.1. The van der Waals surface area contributed by atoms with Gasteiger partial charge in [0, 0.05) is 24.2 Å². The van der Waals surface area contributed by atoms with Crippen molar-refractivity contribution < 1.29 is 17.6 Å². The molecule has 4 rings (SSSR count). The van der Waals surface area contributed by atoms with Crippen LogP contribution in [-0.4, -0.2) is 31.1 Å². The van der Waals surface area contributed by atoms with Crippen molar-refractivity contribution in [3.63, 3.8) is 0 Å². The minimum atomic E-state index is -3.87. The SMILES string of the molecule is Cc1ccc(N(CCC(=O)Nc2cc(-c3nnco3)ccc2C)S(=O)(=O)c2ccc(C)cc2)cc1. The van der Waals surface area contributed by atoms with Crippen molar-refractivity contribution in [2.75, 3.05) is 16.2 Å². The third kappa shape index (κ3) is 5.58. The smallest absolute Gasteiger partial charge is 0.264 e. The molecule has 0 saturated heterocycles. The Morgan fingerprint density at radius 1 is 0.943 bits per heavy atom. The van der Waals surface area contributed by atoms with Crippen LogP contribution in [0, 0.1) is 20.8 Å². The number of anilines is 2. The molecule has 3 aromatic carbocycles. The van der Waals surface area contributed by atoms with Gasteiger partial charge in [-0.05, 0) is 62.7 Å². The second-order valence-corrected chi connectivity index (χ2v) is 10.2. The van der Waals surface area contributed by atoms with Crippen LogP contribution < -0.4 is 9.62 Å². The van der Waals surface area contributed by atoms with Crippen molar-refractivity contribution in [1.82, 2.24) is 10.2 Å². The molecule has 8 nitrogen and oxygen atoms in total. The number of rotatable bonds is 8. The zero-order valence-electron chi connectivity index (χ0n) is 19.7. The van der Waals surface area contributed by atoms with Crippen LogP contribution in [0.2, 0.25) is 0 Å². The van der Waals surface area contributed by atoms with Crippen LogP contribution in [0.5, 0.6) is 0 Å². The first-order valence-corrected chi connectivity index (χ1v) is 12.5. The normalized spacial score (nSPS) is 11.3. The number of nitrogens with zero attached hydrogens (tertiary/aromatic N) is 3. The number of carbonyl (C=O) groups excluding carboxylic acids is 1. The molecule has 0 aliphatic heterocycles. The van der Waals surface area contributed by atoms with Crippen LogP contribution in [0.4, 0.5) is 11.4 Å². The molecule has 1 N–H and O–H groups in total. The molecular weight excluding hydrogens is 464 g/mol. The van der Waals surface area contributed by atoms with E-state index >= 15 is 0 Å². The predicted molar refractivity (Wildman–Crippen MR) is 135 cm³/mol. The summed E-state index contributed by atoms with van der Waals surface area (Å²) in [5, 5.41) is 10.5. The van der Waals surface area contributed by atoms with E-state index in [1.807, 2.05) is 45.0 Å². The van der Waals surface area contributed by atoms with Crippen molar-refractivity contribution >= 4 is 27.3 Å². The predicted octanol–water partition coefficient (Wildman–Crippen LogP) is 4.89. The average molecular weight is 491 g/mol. The molecular formula is C26H26N4O4S. The highest BCUT2D eigenvalue weighted by Crippen LogP contribution is 2.26. The molecule has 0 atom stereocenters. The van der Waals surface area contributed by atoms with Gasteiger partial charge in [0.1, 0.15) is 0 Å². The molecule has 180 valence electrons. The van der Waals surface area contributed by atoms with Crippen LogP contribution >= 0.6 is 0 Å². The lowest BCUT2D eigenvalue weighted by Gasteiger charge is -2.25. The number of sulfonamides is 1. The van der Waals surface area contributed by atoms with Gasteiger partial charge in [-0.3, -0.25) is 9.10 Å². The molecule has 0 spiro atoms. The molecule has 1 aromatic heterocycles. The average Bonchev–Trinajstić information content (AvgIpc) is 3.37. The van der Waals surface area contributed by atoms with E-state index in [9.17, 15) is 13.2 Å². The van der Waals surface area contributed by atoms with E-state index in [-0.39, 0.29) is 23.8 Å². The standard InChI is InChI=1S/C26H26N4O4S/c1-18-4-10-22(11-5-18)30(35(32,33)23-12-6-19(2)7-13-23)15-14-25(31)28-24-16-21(9-8-20(24)3)26-29-27-17-34-26/h4-13,16-17H,14-15H2,1-3H3,(H,28,31). The van der Waals surface area contributed by atoms with Gasteiger partial charge in [0.25, 0.3) is 10.0 Å². The fourth-order valence-corrected chi connectivity index (χ4v) is 5.01.